The Kier molecular flexibility index (Phi) is 4.35. The molecule has 0 radical (unpaired) electrons. The number of hydrogen-bond acceptors (Lipinski definition) is 5. The molecule has 0 spiro atoms. The molecular formula is C15H15ClN2O5S. The van der Waals surface area contributed by atoms with Gasteiger partial charge in [-0.25, -0.2) is 8.42 Å². The van der Waals surface area contributed by atoms with Crippen molar-refractivity contribution in [3.8, 4) is 0 Å². The fourth-order valence-electron chi connectivity index (χ4n) is 2.89. The van der Waals surface area contributed by atoms with Crippen molar-refractivity contribution in [3.05, 3.63) is 34.3 Å². The summed E-state index contributed by atoms with van der Waals surface area (Å²) in [4.78, 5) is 37.4. The molecule has 1 aromatic rings. The van der Waals surface area contributed by atoms with Gasteiger partial charge < -0.3 is 5.32 Å². The van der Waals surface area contributed by atoms with Crippen LogP contribution in [0.25, 0.3) is 0 Å². The fraction of sp³-hybridized carbons (Fsp3) is 0.400. The highest BCUT2D eigenvalue weighted by Gasteiger charge is 2.36. The van der Waals surface area contributed by atoms with Crippen molar-refractivity contribution in [2.75, 3.05) is 18.1 Å². The molecule has 1 atom stereocenters. The molecule has 2 aliphatic rings. The van der Waals surface area contributed by atoms with Crippen LogP contribution in [0.4, 0.5) is 0 Å². The van der Waals surface area contributed by atoms with E-state index in [1.54, 1.807) is 0 Å². The minimum atomic E-state index is -3.08. The van der Waals surface area contributed by atoms with E-state index in [0.29, 0.717) is 11.4 Å². The van der Waals surface area contributed by atoms with E-state index in [4.69, 9.17) is 11.6 Å². The summed E-state index contributed by atoms with van der Waals surface area (Å²) >= 11 is 5.83. The molecule has 2 aliphatic heterocycles. The van der Waals surface area contributed by atoms with Crippen LogP contribution in [0.1, 0.15) is 33.6 Å². The first-order chi connectivity index (χ1) is 11.3. The zero-order chi connectivity index (χ0) is 17.5. The Bertz CT molecular complexity index is 836. The summed E-state index contributed by atoms with van der Waals surface area (Å²) in [6.07, 6.45) is 0.315. The summed E-state index contributed by atoms with van der Waals surface area (Å²) in [6, 6.07) is 4.05. The van der Waals surface area contributed by atoms with Crippen LogP contribution in [-0.4, -0.2) is 55.1 Å². The number of benzene rings is 1. The number of hydrogen-bond donors (Lipinski definition) is 1. The van der Waals surface area contributed by atoms with Crippen molar-refractivity contribution < 1.29 is 22.8 Å². The van der Waals surface area contributed by atoms with E-state index in [0.717, 1.165) is 4.90 Å². The molecule has 1 saturated heterocycles. The van der Waals surface area contributed by atoms with E-state index in [9.17, 15) is 22.8 Å². The molecule has 0 aromatic heterocycles. The number of nitrogens with zero attached hydrogens (tertiary/aromatic N) is 1. The third kappa shape index (κ3) is 3.29. The lowest BCUT2D eigenvalue weighted by molar-refractivity contribution is -0.121. The number of fused-ring (bicyclic) bond motifs is 1. The van der Waals surface area contributed by atoms with Gasteiger partial charge in [0, 0.05) is 24.0 Å². The molecule has 1 aromatic carbocycles. The highest BCUT2D eigenvalue weighted by atomic mass is 35.5. The molecule has 128 valence electrons. The largest absolute Gasteiger partial charge is 0.352 e. The molecule has 1 fully saturated rings. The van der Waals surface area contributed by atoms with Crippen LogP contribution in [0.15, 0.2) is 18.2 Å². The number of nitrogens with one attached hydrogen (secondary N) is 1. The van der Waals surface area contributed by atoms with E-state index >= 15 is 0 Å². The molecule has 0 saturated carbocycles. The van der Waals surface area contributed by atoms with Gasteiger partial charge in [-0.2, -0.15) is 0 Å². The van der Waals surface area contributed by atoms with Gasteiger partial charge >= 0.3 is 0 Å². The Morgan fingerprint density at radius 3 is 2.62 bits per heavy atom. The lowest BCUT2D eigenvalue weighted by Crippen LogP contribution is -2.39. The maximum atomic E-state index is 12.2. The van der Waals surface area contributed by atoms with E-state index in [-0.39, 0.29) is 41.5 Å². The molecule has 9 heteroatoms. The Balaban J connectivity index is 1.59. The molecule has 3 rings (SSSR count). The van der Waals surface area contributed by atoms with Crippen molar-refractivity contribution in [2.24, 2.45) is 0 Å². The summed E-state index contributed by atoms with van der Waals surface area (Å²) < 4.78 is 22.7. The van der Waals surface area contributed by atoms with E-state index in [1.807, 2.05) is 0 Å². The number of halogens is 1. The average Bonchev–Trinajstić information content (AvgIpc) is 2.95. The second kappa shape index (κ2) is 6.18. The predicted molar refractivity (Wildman–Crippen MR) is 86.6 cm³/mol. The van der Waals surface area contributed by atoms with Crippen molar-refractivity contribution in [1.82, 2.24) is 10.2 Å². The first-order valence-electron chi connectivity index (χ1n) is 7.42. The molecule has 1 N–H and O–H groups in total. The highest BCUT2D eigenvalue weighted by molar-refractivity contribution is 7.91. The maximum absolute atomic E-state index is 12.2. The second-order valence-corrected chi connectivity index (χ2v) is 8.53. The van der Waals surface area contributed by atoms with Crippen LogP contribution in [0.5, 0.6) is 0 Å². The van der Waals surface area contributed by atoms with Crippen LogP contribution in [0.3, 0.4) is 0 Å². The van der Waals surface area contributed by atoms with Crippen molar-refractivity contribution in [2.45, 2.75) is 18.9 Å². The van der Waals surface area contributed by atoms with Crippen molar-refractivity contribution >= 4 is 39.2 Å². The summed E-state index contributed by atoms with van der Waals surface area (Å²) in [7, 11) is -3.08. The zero-order valence-electron chi connectivity index (χ0n) is 12.6. The topological polar surface area (TPSA) is 101 Å². The molecular weight excluding hydrogens is 356 g/mol. The van der Waals surface area contributed by atoms with Gasteiger partial charge in [-0.1, -0.05) is 11.6 Å². The van der Waals surface area contributed by atoms with Crippen LogP contribution < -0.4 is 5.32 Å². The number of carbonyl (C=O) groups is 3. The lowest BCUT2D eigenvalue weighted by Gasteiger charge is -2.15. The fourth-order valence-corrected chi connectivity index (χ4v) is 4.73. The standard InChI is InChI=1S/C15H15ClN2O5S/c16-9-1-2-11-12(7-9)15(21)18(14(11)20)5-3-13(19)17-10-4-6-24(22,23)8-10/h1-2,7,10H,3-6,8H2,(H,17,19). The Hall–Kier alpha value is -1.93. The summed E-state index contributed by atoms with van der Waals surface area (Å²) in [5, 5.41) is 2.99. The number of carbonyl (C=O) groups excluding carboxylic acids is 3. The number of amides is 3. The van der Waals surface area contributed by atoms with Crippen LogP contribution in [0.2, 0.25) is 5.02 Å². The summed E-state index contributed by atoms with van der Waals surface area (Å²) in [5.74, 6) is -1.31. The third-order valence-corrected chi connectivity index (χ3v) is 6.10. The minimum Gasteiger partial charge on any atom is -0.352 e. The van der Waals surface area contributed by atoms with Crippen LogP contribution in [-0.2, 0) is 14.6 Å². The van der Waals surface area contributed by atoms with Gasteiger partial charge in [-0.05, 0) is 24.6 Å². The second-order valence-electron chi connectivity index (χ2n) is 5.87. The molecule has 7 nitrogen and oxygen atoms in total. The van der Waals surface area contributed by atoms with Gasteiger partial charge in [0.1, 0.15) is 0 Å². The van der Waals surface area contributed by atoms with Gasteiger partial charge in [0.15, 0.2) is 9.84 Å². The highest BCUT2D eigenvalue weighted by Crippen LogP contribution is 2.25. The molecule has 0 aliphatic carbocycles. The normalized spacial score (nSPS) is 21.9. The van der Waals surface area contributed by atoms with Crippen molar-refractivity contribution in [1.29, 1.82) is 0 Å². The summed E-state index contributed by atoms with van der Waals surface area (Å²) in [5.41, 5.74) is 0.501. The quantitative estimate of drug-likeness (QED) is 0.783. The van der Waals surface area contributed by atoms with E-state index in [2.05, 4.69) is 5.32 Å². The Morgan fingerprint density at radius 1 is 1.25 bits per heavy atom. The van der Waals surface area contributed by atoms with E-state index in [1.165, 1.54) is 18.2 Å². The van der Waals surface area contributed by atoms with Gasteiger partial charge in [0.25, 0.3) is 11.8 Å². The molecule has 0 bridgehead atoms. The lowest BCUT2D eigenvalue weighted by atomic mass is 10.1. The molecule has 24 heavy (non-hydrogen) atoms. The SMILES string of the molecule is O=C(CCN1C(=O)c2ccc(Cl)cc2C1=O)NC1CCS(=O)(=O)C1. The molecule has 2 heterocycles. The van der Waals surface area contributed by atoms with Crippen LogP contribution >= 0.6 is 11.6 Å². The van der Waals surface area contributed by atoms with Gasteiger partial charge in [-0.3, -0.25) is 19.3 Å². The zero-order valence-corrected chi connectivity index (χ0v) is 14.2. The average molecular weight is 371 g/mol. The third-order valence-electron chi connectivity index (χ3n) is 4.09. The smallest absolute Gasteiger partial charge is 0.261 e. The number of sulfone groups is 1. The number of rotatable bonds is 4. The van der Waals surface area contributed by atoms with Crippen molar-refractivity contribution in [3.63, 3.8) is 0 Å². The first-order valence-corrected chi connectivity index (χ1v) is 9.62. The summed E-state index contributed by atoms with van der Waals surface area (Å²) in [6.45, 7) is -0.0602. The Labute approximate surface area is 143 Å². The monoisotopic (exact) mass is 370 g/mol. The van der Waals surface area contributed by atoms with Gasteiger partial charge in [0.2, 0.25) is 5.91 Å². The minimum absolute atomic E-state index is 0.0602. The predicted octanol–water partition coefficient (Wildman–Crippen LogP) is 0.629. The Morgan fingerprint density at radius 2 is 1.96 bits per heavy atom. The van der Waals surface area contributed by atoms with Crippen LogP contribution in [0, 0.1) is 0 Å². The number of imide groups is 1. The maximum Gasteiger partial charge on any atom is 0.261 e. The molecule has 3 amide bonds. The van der Waals surface area contributed by atoms with E-state index < -0.39 is 27.7 Å². The van der Waals surface area contributed by atoms with Gasteiger partial charge in [0.05, 0.1) is 22.6 Å². The first kappa shape index (κ1) is 16.9. The molecule has 1 unspecified atom stereocenters. The van der Waals surface area contributed by atoms with Gasteiger partial charge in [-0.15, -0.1) is 0 Å².